The molecule has 0 bridgehead atoms. The summed E-state index contributed by atoms with van der Waals surface area (Å²) in [5.74, 6) is -0.547. The molecular weight excluding hydrogens is 284 g/mol. The molecule has 6 heteroatoms. The van der Waals surface area contributed by atoms with Crippen molar-refractivity contribution in [2.45, 2.75) is 65.0 Å². The van der Waals surface area contributed by atoms with Crippen LogP contribution in [0.1, 0.15) is 52.9 Å². The van der Waals surface area contributed by atoms with E-state index in [1.54, 1.807) is 0 Å². The van der Waals surface area contributed by atoms with Gasteiger partial charge in [0.2, 0.25) is 0 Å². The topological polar surface area (TPSA) is 87.7 Å². The number of carboxylic acid groups (broad SMARTS) is 1. The molecule has 1 fully saturated rings. The maximum atomic E-state index is 11.9. The van der Waals surface area contributed by atoms with Crippen molar-refractivity contribution in [2.75, 3.05) is 13.2 Å². The first-order chi connectivity index (χ1) is 10.4. The van der Waals surface area contributed by atoms with Crippen molar-refractivity contribution in [2.24, 2.45) is 11.8 Å². The summed E-state index contributed by atoms with van der Waals surface area (Å²) < 4.78 is 5.64. The highest BCUT2D eigenvalue weighted by molar-refractivity contribution is 5.74. The van der Waals surface area contributed by atoms with Crippen LogP contribution in [-0.2, 0) is 9.53 Å². The Balaban J connectivity index is 2.20. The van der Waals surface area contributed by atoms with E-state index in [1.165, 1.54) is 0 Å². The molecule has 0 radical (unpaired) electrons. The van der Waals surface area contributed by atoms with Gasteiger partial charge in [0, 0.05) is 19.2 Å². The van der Waals surface area contributed by atoms with E-state index < -0.39 is 5.97 Å². The number of carbonyl (C=O) groups excluding carboxylic acids is 1. The molecule has 2 amide bonds. The smallest absolute Gasteiger partial charge is 0.315 e. The van der Waals surface area contributed by atoms with Crippen molar-refractivity contribution in [1.29, 1.82) is 0 Å². The van der Waals surface area contributed by atoms with Crippen molar-refractivity contribution in [3.8, 4) is 0 Å². The van der Waals surface area contributed by atoms with Crippen LogP contribution in [0.25, 0.3) is 0 Å². The van der Waals surface area contributed by atoms with Gasteiger partial charge in [-0.15, -0.1) is 0 Å². The molecule has 1 saturated carbocycles. The van der Waals surface area contributed by atoms with Crippen molar-refractivity contribution in [3.05, 3.63) is 0 Å². The van der Waals surface area contributed by atoms with Gasteiger partial charge in [-0.2, -0.15) is 0 Å². The Bertz CT molecular complexity index is 352. The fraction of sp³-hybridized carbons (Fsp3) is 0.875. The molecule has 1 aliphatic carbocycles. The number of nitrogens with one attached hydrogen (secondary N) is 2. The van der Waals surface area contributed by atoms with E-state index in [0.717, 1.165) is 19.3 Å². The highest BCUT2D eigenvalue weighted by atomic mass is 16.5. The van der Waals surface area contributed by atoms with Gasteiger partial charge in [-0.25, -0.2) is 4.79 Å². The second-order valence-corrected chi connectivity index (χ2v) is 6.31. The number of hydrogen-bond acceptors (Lipinski definition) is 3. The molecular formula is C16H30N2O4. The summed E-state index contributed by atoms with van der Waals surface area (Å²) in [4.78, 5) is 22.7. The zero-order valence-corrected chi connectivity index (χ0v) is 13.9. The van der Waals surface area contributed by atoms with Crippen molar-refractivity contribution >= 4 is 12.0 Å². The molecule has 0 spiro atoms. The van der Waals surface area contributed by atoms with E-state index in [-0.39, 0.29) is 24.1 Å². The van der Waals surface area contributed by atoms with Crippen LogP contribution in [0.5, 0.6) is 0 Å². The second-order valence-electron chi connectivity index (χ2n) is 6.31. The molecule has 128 valence electrons. The average Bonchev–Trinajstić information content (AvgIpc) is 2.46. The minimum atomic E-state index is -0.724. The largest absolute Gasteiger partial charge is 0.481 e. The molecule has 0 aliphatic heterocycles. The average molecular weight is 314 g/mol. The summed E-state index contributed by atoms with van der Waals surface area (Å²) in [5, 5.41) is 14.7. The fourth-order valence-electron chi connectivity index (χ4n) is 2.87. The number of urea groups is 1. The van der Waals surface area contributed by atoms with Crippen molar-refractivity contribution in [3.63, 3.8) is 0 Å². The first kappa shape index (κ1) is 18.7. The van der Waals surface area contributed by atoms with Gasteiger partial charge in [-0.3, -0.25) is 4.79 Å². The quantitative estimate of drug-likeness (QED) is 0.642. The Morgan fingerprint density at radius 2 is 1.86 bits per heavy atom. The summed E-state index contributed by atoms with van der Waals surface area (Å²) >= 11 is 0. The molecule has 0 aromatic carbocycles. The maximum Gasteiger partial charge on any atom is 0.315 e. The van der Waals surface area contributed by atoms with Crippen LogP contribution in [0.15, 0.2) is 0 Å². The highest BCUT2D eigenvalue weighted by Crippen LogP contribution is 2.24. The predicted molar refractivity (Wildman–Crippen MR) is 84.8 cm³/mol. The number of carboxylic acids is 1. The predicted octanol–water partition coefficient (Wildman–Crippen LogP) is 2.38. The fourth-order valence-corrected chi connectivity index (χ4v) is 2.87. The number of hydrogen-bond donors (Lipinski definition) is 3. The minimum Gasteiger partial charge on any atom is -0.481 e. The number of ether oxygens (including phenoxy) is 1. The molecule has 0 heterocycles. The number of rotatable bonds is 8. The highest BCUT2D eigenvalue weighted by Gasteiger charge is 2.26. The third-order valence-corrected chi connectivity index (χ3v) is 4.25. The minimum absolute atomic E-state index is 0.0865. The Labute approximate surface area is 133 Å². The molecule has 0 aromatic heterocycles. The van der Waals surface area contributed by atoms with E-state index in [2.05, 4.69) is 24.5 Å². The van der Waals surface area contributed by atoms with Gasteiger partial charge in [0.25, 0.3) is 0 Å². The lowest BCUT2D eigenvalue weighted by Gasteiger charge is -2.27. The van der Waals surface area contributed by atoms with Gasteiger partial charge in [-0.1, -0.05) is 13.8 Å². The van der Waals surface area contributed by atoms with Crippen LogP contribution in [-0.4, -0.2) is 42.4 Å². The number of amides is 2. The Kier molecular flexibility index (Phi) is 8.24. The first-order valence-corrected chi connectivity index (χ1v) is 8.32. The molecule has 0 aromatic rings. The van der Waals surface area contributed by atoms with Gasteiger partial charge >= 0.3 is 12.0 Å². The molecule has 1 rings (SSSR count). The molecule has 1 unspecified atom stereocenters. The van der Waals surface area contributed by atoms with Gasteiger partial charge < -0.3 is 20.5 Å². The normalized spacial score (nSPS) is 23.1. The van der Waals surface area contributed by atoms with E-state index in [4.69, 9.17) is 9.84 Å². The first-order valence-electron chi connectivity index (χ1n) is 8.32. The van der Waals surface area contributed by atoms with Crippen LogP contribution in [0.3, 0.4) is 0 Å². The summed E-state index contributed by atoms with van der Waals surface area (Å²) in [6.45, 7) is 7.46. The maximum absolute atomic E-state index is 11.9. The van der Waals surface area contributed by atoms with Crippen LogP contribution in [0.4, 0.5) is 4.79 Å². The third-order valence-electron chi connectivity index (χ3n) is 4.25. The summed E-state index contributed by atoms with van der Waals surface area (Å²) in [6.07, 6.45) is 3.71. The summed E-state index contributed by atoms with van der Waals surface area (Å²) in [6, 6.07) is -0.0823. The van der Waals surface area contributed by atoms with Crippen molar-refractivity contribution in [1.82, 2.24) is 10.6 Å². The Morgan fingerprint density at radius 3 is 2.36 bits per heavy atom. The molecule has 0 saturated heterocycles. The Morgan fingerprint density at radius 1 is 1.23 bits per heavy atom. The molecule has 3 N–H and O–H groups in total. The van der Waals surface area contributed by atoms with E-state index >= 15 is 0 Å². The van der Waals surface area contributed by atoms with Gasteiger partial charge in [-0.05, 0) is 44.9 Å². The standard InChI is InChI=1S/C16H30N2O4/c1-4-22-14(11(2)3)9-10-17-16(21)18-13-7-5-12(6-8-13)15(19)20/h11-14H,4-10H2,1-3H3,(H,19,20)(H2,17,18,21). The lowest BCUT2D eigenvalue weighted by Crippen LogP contribution is -2.45. The van der Waals surface area contributed by atoms with E-state index in [9.17, 15) is 9.59 Å². The molecule has 1 atom stereocenters. The van der Waals surface area contributed by atoms with E-state index in [1.807, 2.05) is 6.92 Å². The summed E-state index contributed by atoms with van der Waals surface area (Å²) in [7, 11) is 0. The number of aliphatic carboxylic acids is 1. The third kappa shape index (κ3) is 6.64. The van der Waals surface area contributed by atoms with Gasteiger partial charge in [0.05, 0.1) is 12.0 Å². The van der Waals surface area contributed by atoms with Gasteiger partial charge in [0.1, 0.15) is 0 Å². The zero-order chi connectivity index (χ0) is 16.5. The van der Waals surface area contributed by atoms with Crippen LogP contribution in [0, 0.1) is 11.8 Å². The Hall–Kier alpha value is -1.30. The van der Waals surface area contributed by atoms with Crippen LogP contribution in [0.2, 0.25) is 0 Å². The van der Waals surface area contributed by atoms with Crippen LogP contribution < -0.4 is 10.6 Å². The lowest BCUT2D eigenvalue weighted by atomic mass is 9.86. The SMILES string of the molecule is CCOC(CCNC(=O)NC1CCC(C(=O)O)CC1)C(C)C. The molecule has 1 aliphatic rings. The van der Waals surface area contributed by atoms with Gasteiger partial charge in [0.15, 0.2) is 0 Å². The monoisotopic (exact) mass is 314 g/mol. The van der Waals surface area contributed by atoms with Crippen LogP contribution >= 0.6 is 0 Å². The molecule has 22 heavy (non-hydrogen) atoms. The zero-order valence-electron chi connectivity index (χ0n) is 13.9. The van der Waals surface area contributed by atoms with E-state index in [0.29, 0.717) is 31.9 Å². The van der Waals surface area contributed by atoms with Crippen molar-refractivity contribution < 1.29 is 19.4 Å². The second kappa shape index (κ2) is 9.66. The summed E-state index contributed by atoms with van der Waals surface area (Å²) in [5.41, 5.74) is 0. The lowest BCUT2D eigenvalue weighted by molar-refractivity contribution is -0.142. The number of carbonyl (C=O) groups is 2. The molecule has 6 nitrogen and oxygen atoms in total.